The highest BCUT2D eigenvalue weighted by atomic mass is 16.2. The van der Waals surface area contributed by atoms with Gasteiger partial charge >= 0.3 is 0 Å². The molecule has 4 aliphatic rings. The van der Waals surface area contributed by atoms with Gasteiger partial charge in [0.05, 0.1) is 0 Å². The van der Waals surface area contributed by atoms with Crippen LogP contribution in [0, 0.1) is 0 Å². The van der Waals surface area contributed by atoms with E-state index >= 15 is 0 Å². The van der Waals surface area contributed by atoms with Crippen molar-refractivity contribution in [3.05, 3.63) is 142 Å². The average Bonchev–Trinajstić information content (AvgIpc) is 3.83. The Morgan fingerprint density at radius 1 is 0.581 bits per heavy atom. The molecule has 0 radical (unpaired) electrons. The van der Waals surface area contributed by atoms with Crippen molar-refractivity contribution in [1.82, 2.24) is 10.2 Å². The zero-order chi connectivity index (χ0) is 29.9. The molecule has 0 spiro atoms. The lowest BCUT2D eigenvalue weighted by Gasteiger charge is -2.31. The van der Waals surface area contributed by atoms with Crippen LogP contribution in [0.1, 0.15) is 104 Å². The van der Waals surface area contributed by atoms with Gasteiger partial charge in [-0.15, -0.1) is 0 Å². The monoisotopic (exact) mass is 572 g/mol. The first-order valence-electron chi connectivity index (χ1n) is 15.4. The Bertz CT molecular complexity index is 1630. The van der Waals surface area contributed by atoms with Gasteiger partial charge in [-0.05, 0) is 66.1 Å². The normalized spacial score (nSPS) is 22.6. The van der Waals surface area contributed by atoms with Crippen molar-refractivity contribution < 1.29 is 14.7 Å². The van der Waals surface area contributed by atoms with E-state index in [4.69, 9.17) is 5.11 Å². The first kappa shape index (κ1) is 29.2. The molecule has 0 aromatic heterocycles. The van der Waals surface area contributed by atoms with Gasteiger partial charge in [0.1, 0.15) is 0 Å². The SMILES string of the molecule is CN(C1CCc2ccccc21)C1CC(=O)c2ccccc21.CO.O=C1CC(NC2CCc3ccccc32)c2ccccc21. The summed E-state index contributed by atoms with van der Waals surface area (Å²) in [6.07, 6.45) is 5.78. The summed E-state index contributed by atoms with van der Waals surface area (Å²) >= 11 is 0. The van der Waals surface area contributed by atoms with Crippen LogP contribution in [0.25, 0.3) is 0 Å². The molecular weight excluding hydrogens is 532 g/mol. The molecule has 0 amide bonds. The molecule has 4 aliphatic carbocycles. The zero-order valence-corrected chi connectivity index (χ0v) is 25.0. The second kappa shape index (κ2) is 12.8. The summed E-state index contributed by atoms with van der Waals surface area (Å²) in [7, 11) is 3.17. The molecule has 0 bridgehead atoms. The molecule has 0 heterocycles. The van der Waals surface area contributed by atoms with Gasteiger partial charge in [0, 0.05) is 55.2 Å². The van der Waals surface area contributed by atoms with E-state index in [1.165, 1.54) is 33.4 Å². The number of ketones is 2. The minimum Gasteiger partial charge on any atom is -0.400 e. The van der Waals surface area contributed by atoms with Crippen LogP contribution < -0.4 is 5.32 Å². The summed E-state index contributed by atoms with van der Waals surface area (Å²) in [5.74, 6) is 0.554. The van der Waals surface area contributed by atoms with E-state index in [-0.39, 0.29) is 23.7 Å². The molecule has 4 atom stereocenters. The van der Waals surface area contributed by atoms with Crippen molar-refractivity contribution in [1.29, 1.82) is 0 Å². The van der Waals surface area contributed by atoms with Crippen molar-refractivity contribution >= 4 is 11.6 Å². The summed E-state index contributed by atoms with van der Waals surface area (Å²) in [6, 6.07) is 34.7. The van der Waals surface area contributed by atoms with Crippen LogP contribution in [0.3, 0.4) is 0 Å². The van der Waals surface area contributed by atoms with E-state index in [0.29, 0.717) is 24.9 Å². The number of carbonyl (C=O) groups excluding carboxylic acids is 2. The largest absolute Gasteiger partial charge is 0.400 e. The number of rotatable bonds is 4. The first-order chi connectivity index (χ1) is 21.1. The minimum absolute atomic E-state index is 0.176. The standard InChI is InChI=1S/C19H19NO.C18H17NO.CH4O/c1-20(17-11-10-13-6-2-3-7-14(13)17)18-12-19(21)16-9-5-4-8-15(16)18;20-18-11-17(14-7-3-4-8-15(14)18)19-16-10-9-12-5-1-2-6-13(12)16;1-2/h2-9,17-18H,10-12H2,1H3;1-8,16-17,19H,9-11H2;2H,1H3. The van der Waals surface area contributed by atoms with E-state index < -0.39 is 0 Å². The van der Waals surface area contributed by atoms with Gasteiger partial charge in [0.2, 0.25) is 0 Å². The Morgan fingerprint density at radius 3 is 1.81 bits per heavy atom. The number of nitrogens with one attached hydrogen (secondary N) is 1. The third kappa shape index (κ3) is 5.61. The quantitative estimate of drug-likeness (QED) is 0.272. The summed E-state index contributed by atoms with van der Waals surface area (Å²) < 4.78 is 0. The zero-order valence-electron chi connectivity index (χ0n) is 25.0. The lowest BCUT2D eigenvalue weighted by atomic mass is 10.0. The molecule has 220 valence electrons. The van der Waals surface area contributed by atoms with Crippen LogP contribution in [-0.2, 0) is 12.8 Å². The maximum atomic E-state index is 12.2. The number of nitrogens with zero attached hydrogens (tertiary/aromatic N) is 1. The number of hydrogen-bond donors (Lipinski definition) is 2. The van der Waals surface area contributed by atoms with Gasteiger partial charge in [-0.2, -0.15) is 0 Å². The third-order valence-electron chi connectivity index (χ3n) is 9.64. The number of Topliss-reactive ketones (excluding diaryl/α,β-unsaturated/α-hetero) is 2. The highest BCUT2D eigenvalue weighted by Crippen LogP contribution is 2.43. The molecule has 0 fully saturated rings. The van der Waals surface area contributed by atoms with Gasteiger partial charge in [-0.25, -0.2) is 0 Å². The lowest BCUT2D eigenvalue weighted by molar-refractivity contribution is 0.0940. The average molecular weight is 573 g/mol. The summed E-state index contributed by atoms with van der Waals surface area (Å²) in [5.41, 5.74) is 9.95. The summed E-state index contributed by atoms with van der Waals surface area (Å²) in [6.45, 7) is 0. The Labute approximate surface area is 254 Å². The number of benzene rings is 4. The number of aliphatic hydroxyl groups excluding tert-OH is 1. The highest BCUT2D eigenvalue weighted by molar-refractivity contribution is 6.01. The van der Waals surface area contributed by atoms with Gasteiger partial charge in [0.15, 0.2) is 11.6 Å². The highest BCUT2D eigenvalue weighted by Gasteiger charge is 2.37. The van der Waals surface area contributed by atoms with Gasteiger partial charge in [-0.3, -0.25) is 14.5 Å². The lowest BCUT2D eigenvalue weighted by Crippen LogP contribution is -2.27. The van der Waals surface area contributed by atoms with Crippen molar-refractivity contribution in [2.75, 3.05) is 14.2 Å². The minimum atomic E-state index is 0.176. The molecule has 4 unspecified atom stereocenters. The smallest absolute Gasteiger partial charge is 0.165 e. The molecule has 0 aliphatic heterocycles. The molecule has 8 rings (SSSR count). The number of carbonyl (C=O) groups is 2. The van der Waals surface area contributed by atoms with Crippen molar-refractivity contribution in [2.45, 2.75) is 62.7 Å². The van der Waals surface area contributed by atoms with Crippen LogP contribution in [0.4, 0.5) is 0 Å². The number of fused-ring (bicyclic) bond motifs is 4. The fourth-order valence-electron chi connectivity index (χ4n) is 7.56. The first-order valence-corrected chi connectivity index (χ1v) is 15.4. The Balaban J connectivity index is 0.000000145. The molecule has 5 nitrogen and oxygen atoms in total. The molecule has 2 N–H and O–H groups in total. The molecule has 4 aromatic rings. The molecule has 0 saturated heterocycles. The molecule has 0 saturated carbocycles. The second-order valence-corrected chi connectivity index (χ2v) is 11.9. The predicted octanol–water partition coefficient (Wildman–Crippen LogP) is 7.13. The Morgan fingerprint density at radius 2 is 1.09 bits per heavy atom. The van der Waals surface area contributed by atoms with E-state index in [0.717, 1.165) is 43.9 Å². The number of aliphatic hydroxyl groups is 1. The van der Waals surface area contributed by atoms with Gasteiger partial charge in [0.25, 0.3) is 0 Å². The second-order valence-electron chi connectivity index (χ2n) is 11.9. The number of hydrogen-bond acceptors (Lipinski definition) is 5. The molecule has 4 aromatic carbocycles. The third-order valence-corrected chi connectivity index (χ3v) is 9.64. The van der Waals surface area contributed by atoms with Crippen molar-refractivity contribution in [3.8, 4) is 0 Å². The summed E-state index contributed by atoms with van der Waals surface area (Å²) in [5, 5.41) is 10.7. The number of aryl methyl sites for hydroxylation is 2. The van der Waals surface area contributed by atoms with E-state index in [1.807, 2.05) is 36.4 Å². The van der Waals surface area contributed by atoms with Crippen molar-refractivity contribution in [2.24, 2.45) is 0 Å². The van der Waals surface area contributed by atoms with E-state index in [9.17, 15) is 9.59 Å². The maximum absolute atomic E-state index is 12.2. The van der Waals surface area contributed by atoms with Crippen molar-refractivity contribution in [3.63, 3.8) is 0 Å². The van der Waals surface area contributed by atoms with E-state index in [2.05, 4.69) is 77.9 Å². The van der Waals surface area contributed by atoms with Crippen LogP contribution >= 0.6 is 0 Å². The Hall–Kier alpha value is -3.90. The van der Waals surface area contributed by atoms with E-state index in [1.54, 1.807) is 0 Å². The molecule has 43 heavy (non-hydrogen) atoms. The van der Waals surface area contributed by atoms with Gasteiger partial charge < -0.3 is 10.4 Å². The van der Waals surface area contributed by atoms with Crippen LogP contribution in [-0.4, -0.2) is 35.7 Å². The van der Waals surface area contributed by atoms with Crippen LogP contribution in [0.15, 0.2) is 97.1 Å². The fourth-order valence-corrected chi connectivity index (χ4v) is 7.56. The predicted molar refractivity (Wildman–Crippen MR) is 170 cm³/mol. The molecular formula is C38H40N2O3. The fraction of sp³-hybridized carbons (Fsp3) is 0.316. The van der Waals surface area contributed by atoms with Crippen LogP contribution in [0.5, 0.6) is 0 Å². The topological polar surface area (TPSA) is 69.6 Å². The van der Waals surface area contributed by atoms with Crippen LogP contribution in [0.2, 0.25) is 0 Å². The molecule has 5 heteroatoms. The Kier molecular flexibility index (Phi) is 8.66. The summed E-state index contributed by atoms with van der Waals surface area (Å²) in [4.78, 5) is 26.7. The van der Waals surface area contributed by atoms with Gasteiger partial charge in [-0.1, -0.05) is 97.1 Å². The maximum Gasteiger partial charge on any atom is 0.165 e.